The molecule has 1 aliphatic heterocycles. The number of hydrogen-bond donors (Lipinski definition) is 0. The molecule has 0 aromatic carbocycles. The van der Waals surface area contributed by atoms with Crippen LogP contribution in [-0.2, 0) is 14.3 Å². The Balaban J connectivity index is 1.88. The standard InChI is InChI=1S/C19H30O3S2/c1-6-21-16(23)24-12-10-17(2,3)13-7-8-19(5)14(9-15(20)22-19)18(13,4)11-12/h12-14H,6-11H2,1-5H3. The minimum atomic E-state index is -0.272. The maximum absolute atomic E-state index is 12.1. The Hall–Kier alpha value is -0.290. The predicted molar refractivity (Wildman–Crippen MR) is 102 cm³/mol. The van der Waals surface area contributed by atoms with Gasteiger partial charge in [-0.05, 0) is 68.5 Å². The molecule has 0 bridgehead atoms. The molecule has 0 spiro atoms. The number of ether oxygens (including phenoxy) is 2. The summed E-state index contributed by atoms with van der Waals surface area (Å²) in [6.45, 7) is 12.0. The van der Waals surface area contributed by atoms with Gasteiger partial charge in [-0.2, -0.15) is 0 Å². The lowest BCUT2D eigenvalue weighted by atomic mass is 9.45. The Labute approximate surface area is 155 Å². The van der Waals surface area contributed by atoms with Crippen molar-refractivity contribution in [3.8, 4) is 0 Å². The highest BCUT2D eigenvalue weighted by molar-refractivity contribution is 8.23. The predicted octanol–water partition coefficient (Wildman–Crippen LogP) is 4.97. The number of fused-ring (bicyclic) bond motifs is 3. The lowest BCUT2D eigenvalue weighted by Crippen LogP contribution is -2.58. The molecular formula is C19H30O3S2. The maximum atomic E-state index is 12.1. The first-order valence-corrected chi connectivity index (χ1v) is 10.4. The number of carbonyl (C=O) groups is 1. The zero-order chi connectivity index (χ0) is 17.8. The van der Waals surface area contributed by atoms with Crippen LogP contribution in [0.25, 0.3) is 0 Å². The molecule has 1 heterocycles. The van der Waals surface area contributed by atoms with Crippen molar-refractivity contribution in [1.29, 1.82) is 0 Å². The van der Waals surface area contributed by atoms with Gasteiger partial charge in [-0.1, -0.05) is 32.5 Å². The van der Waals surface area contributed by atoms with Crippen molar-refractivity contribution in [2.75, 3.05) is 6.61 Å². The average Bonchev–Trinajstić information content (AvgIpc) is 2.73. The summed E-state index contributed by atoms with van der Waals surface area (Å²) < 4.78 is 12.0. The van der Waals surface area contributed by atoms with E-state index in [1.54, 1.807) is 11.8 Å². The fourth-order valence-corrected chi connectivity index (χ4v) is 8.09. The minimum absolute atomic E-state index is 0.0122. The number of thioether (sulfide) groups is 1. The Morgan fingerprint density at radius 1 is 1.29 bits per heavy atom. The van der Waals surface area contributed by atoms with E-state index >= 15 is 0 Å². The molecule has 3 fully saturated rings. The summed E-state index contributed by atoms with van der Waals surface area (Å²) in [5, 5.41) is 0.457. The molecule has 0 amide bonds. The molecule has 136 valence electrons. The van der Waals surface area contributed by atoms with Gasteiger partial charge < -0.3 is 9.47 Å². The zero-order valence-electron chi connectivity index (χ0n) is 15.5. The van der Waals surface area contributed by atoms with Gasteiger partial charge in [0, 0.05) is 11.2 Å². The molecule has 24 heavy (non-hydrogen) atoms. The van der Waals surface area contributed by atoms with Crippen LogP contribution in [-0.4, -0.2) is 27.8 Å². The molecular weight excluding hydrogens is 340 g/mol. The Bertz CT molecular complexity index is 547. The number of hydrogen-bond acceptors (Lipinski definition) is 5. The van der Waals surface area contributed by atoms with Crippen molar-refractivity contribution in [2.45, 2.75) is 77.6 Å². The Morgan fingerprint density at radius 3 is 2.67 bits per heavy atom. The van der Waals surface area contributed by atoms with Crippen LogP contribution in [0.1, 0.15) is 66.7 Å². The van der Waals surface area contributed by atoms with Crippen molar-refractivity contribution in [3.05, 3.63) is 0 Å². The lowest BCUT2D eigenvalue weighted by Gasteiger charge is -2.61. The fourth-order valence-electron chi connectivity index (χ4n) is 6.15. The van der Waals surface area contributed by atoms with Crippen LogP contribution in [0, 0.1) is 22.7 Å². The Kier molecular flexibility index (Phi) is 4.74. The van der Waals surface area contributed by atoms with E-state index in [-0.39, 0.29) is 22.4 Å². The van der Waals surface area contributed by atoms with Crippen LogP contribution >= 0.6 is 24.0 Å². The van der Waals surface area contributed by atoms with E-state index in [1.165, 1.54) is 0 Å². The maximum Gasteiger partial charge on any atom is 0.306 e. The molecule has 0 aromatic rings. The molecule has 2 saturated carbocycles. The van der Waals surface area contributed by atoms with Crippen LogP contribution in [0.3, 0.4) is 0 Å². The van der Waals surface area contributed by atoms with Crippen molar-refractivity contribution in [2.24, 2.45) is 22.7 Å². The third kappa shape index (κ3) is 3.00. The molecule has 0 N–H and O–H groups in total. The van der Waals surface area contributed by atoms with Crippen molar-refractivity contribution in [3.63, 3.8) is 0 Å². The summed E-state index contributed by atoms with van der Waals surface area (Å²) in [7, 11) is 0. The van der Waals surface area contributed by atoms with Gasteiger partial charge in [-0.15, -0.1) is 0 Å². The van der Waals surface area contributed by atoms with Gasteiger partial charge in [0.15, 0.2) is 0 Å². The van der Waals surface area contributed by atoms with E-state index in [0.717, 1.165) is 25.7 Å². The molecule has 3 rings (SSSR count). The molecule has 1 saturated heterocycles. The number of esters is 1. The molecule has 5 heteroatoms. The molecule has 5 unspecified atom stereocenters. The molecule has 5 atom stereocenters. The minimum Gasteiger partial charge on any atom is -0.479 e. The highest BCUT2D eigenvalue weighted by atomic mass is 32.2. The smallest absolute Gasteiger partial charge is 0.306 e. The van der Waals surface area contributed by atoms with E-state index in [4.69, 9.17) is 21.7 Å². The number of carbonyl (C=O) groups excluding carboxylic acids is 1. The van der Waals surface area contributed by atoms with E-state index < -0.39 is 0 Å². The second-order valence-electron chi connectivity index (χ2n) is 8.96. The van der Waals surface area contributed by atoms with Crippen molar-refractivity contribution in [1.82, 2.24) is 0 Å². The number of rotatable bonds is 2. The first-order chi connectivity index (χ1) is 11.1. The van der Waals surface area contributed by atoms with Crippen LogP contribution in [0.4, 0.5) is 0 Å². The van der Waals surface area contributed by atoms with Crippen LogP contribution < -0.4 is 0 Å². The summed E-state index contributed by atoms with van der Waals surface area (Å²) >= 11 is 7.11. The Morgan fingerprint density at radius 2 is 2.00 bits per heavy atom. The van der Waals surface area contributed by atoms with Crippen LogP contribution in [0.5, 0.6) is 0 Å². The lowest BCUT2D eigenvalue weighted by molar-refractivity contribution is -0.164. The third-order valence-electron chi connectivity index (χ3n) is 6.87. The van der Waals surface area contributed by atoms with Crippen LogP contribution in [0.15, 0.2) is 0 Å². The second kappa shape index (κ2) is 6.15. The van der Waals surface area contributed by atoms with Crippen molar-refractivity contribution >= 4 is 34.3 Å². The highest BCUT2D eigenvalue weighted by Crippen LogP contribution is 2.66. The highest BCUT2D eigenvalue weighted by Gasteiger charge is 2.64. The van der Waals surface area contributed by atoms with Gasteiger partial charge >= 0.3 is 5.97 Å². The first kappa shape index (κ1) is 18.5. The summed E-state index contributed by atoms with van der Waals surface area (Å²) in [5.41, 5.74) is 0.102. The van der Waals surface area contributed by atoms with Gasteiger partial charge in [-0.25, -0.2) is 0 Å². The number of thiocarbonyl (C=S) groups is 1. The summed E-state index contributed by atoms with van der Waals surface area (Å²) in [6.07, 6.45) is 4.98. The first-order valence-electron chi connectivity index (χ1n) is 9.16. The second-order valence-corrected chi connectivity index (χ2v) is 10.9. The molecule has 3 nitrogen and oxygen atoms in total. The molecule has 2 aliphatic carbocycles. The van der Waals surface area contributed by atoms with E-state index in [0.29, 0.717) is 34.5 Å². The third-order valence-corrected chi connectivity index (χ3v) is 8.25. The van der Waals surface area contributed by atoms with E-state index in [9.17, 15) is 4.79 Å². The summed E-state index contributed by atoms with van der Waals surface area (Å²) in [4.78, 5) is 12.1. The van der Waals surface area contributed by atoms with Crippen molar-refractivity contribution < 1.29 is 14.3 Å². The van der Waals surface area contributed by atoms with Gasteiger partial charge in [0.25, 0.3) is 0 Å². The zero-order valence-corrected chi connectivity index (χ0v) is 17.1. The quantitative estimate of drug-likeness (QED) is 0.507. The summed E-state index contributed by atoms with van der Waals surface area (Å²) in [5.74, 6) is 0.941. The normalized spacial score (nSPS) is 43.5. The molecule has 3 aliphatic rings. The average molecular weight is 371 g/mol. The monoisotopic (exact) mass is 370 g/mol. The molecule has 0 radical (unpaired) electrons. The van der Waals surface area contributed by atoms with Gasteiger partial charge in [0.05, 0.1) is 13.0 Å². The molecule has 0 aromatic heterocycles. The topological polar surface area (TPSA) is 35.5 Å². The van der Waals surface area contributed by atoms with E-state index in [2.05, 4.69) is 27.7 Å². The van der Waals surface area contributed by atoms with E-state index in [1.807, 2.05) is 6.92 Å². The van der Waals surface area contributed by atoms with Gasteiger partial charge in [0.2, 0.25) is 4.38 Å². The van der Waals surface area contributed by atoms with Gasteiger partial charge in [0.1, 0.15) is 5.60 Å². The summed E-state index contributed by atoms with van der Waals surface area (Å²) in [6, 6.07) is 0. The van der Waals surface area contributed by atoms with Gasteiger partial charge in [-0.3, -0.25) is 4.79 Å². The van der Waals surface area contributed by atoms with Crippen LogP contribution in [0.2, 0.25) is 0 Å². The largest absolute Gasteiger partial charge is 0.479 e. The SMILES string of the molecule is CCOC(=S)SC1CC(C)(C)C2CCC3(C)OC(=O)CC3C2(C)C1. The fraction of sp³-hybridized carbons (Fsp3) is 0.895.